The van der Waals surface area contributed by atoms with Crippen LogP contribution in [0.25, 0.3) is 28.0 Å². The molecule has 2 aliphatic heterocycles. The molecule has 0 amide bonds. The predicted molar refractivity (Wildman–Crippen MR) is 130 cm³/mol. The van der Waals surface area contributed by atoms with Crippen molar-refractivity contribution in [3.63, 3.8) is 0 Å². The van der Waals surface area contributed by atoms with Crippen LogP contribution in [0, 0.1) is 18.3 Å². The highest BCUT2D eigenvalue weighted by atomic mass is 35.5. The van der Waals surface area contributed by atoms with Gasteiger partial charge in [0.05, 0.1) is 35.9 Å². The van der Waals surface area contributed by atoms with E-state index in [2.05, 4.69) is 21.3 Å². The third kappa shape index (κ3) is 3.68. The quantitative estimate of drug-likeness (QED) is 0.457. The summed E-state index contributed by atoms with van der Waals surface area (Å²) in [5.74, 6) is 0.877. The Labute approximate surface area is 201 Å². The molecule has 5 heterocycles. The normalized spacial score (nSPS) is 19.9. The molecule has 170 valence electrons. The van der Waals surface area contributed by atoms with Gasteiger partial charge in [-0.25, -0.2) is 14.5 Å². The maximum atomic E-state index is 9.42. The van der Waals surface area contributed by atoms with E-state index in [0.29, 0.717) is 16.8 Å². The third-order valence-corrected chi connectivity index (χ3v) is 6.57. The summed E-state index contributed by atoms with van der Waals surface area (Å²) in [6.07, 6.45) is 2.10. The van der Waals surface area contributed by atoms with E-state index in [1.807, 2.05) is 49.5 Å². The zero-order valence-electron chi connectivity index (χ0n) is 18.6. The van der Waals surface area contributed by atoms with Crippen LogP contribution < -0.4 is 10.2 Å². The van der Waals surface area contributed by atoms with Crippen molar-refractivity contribution in [3.05, 3.63) is 65.1 Å². The van der Waals surface area contributed by atoms with Gasteiger partial charge in [-0.2, -0.15) is 10.4 Å². The molecule has 2 atom stereocenters. The van der Waals surface area contributed by atoms with E-state index in [9.17, 15) is 5.26 Å². The Morgan fingerprint density at radius 2 is 2.06 bits per heavy atom. The predicted octanol–water partition coefficient (Wildman–Crippen LogP) is 3.47. The maximum absolute atomic E-state index is 9.42. The smallest absolute Gasteiger partial charge is 0.165 e. The second kappa shape index (κ2) is 8.37. The average molecular weight is 472 g/mol. The zero-order chi connectivity index (χ0) is 23.2. The lowest BCUT2D eigenvalue weighted by molar-refractivity contribution is 0.0212. The number of pyridine rings is 1. The van der Waals surface area contributed by atoms with Gasteiger partial charge in [0, 0.05) is 37.1 Å². The number of anilines is 1. The minimum Gasteiger partial charge on any atom is -0.373 e. The second-order valence-corrected chi connectivity index (χ2v) is 9.05. The highest BCUT2D eigenvalue weighted by molar-refractivity contribution is 6.29. The number of aromatic nitrogens is 4. The molecule has 4 aromatic rings. The van der Waals surface area contributed by atoms with Gasteiger partial charge in [0.1, 0.15) is 16.7 Å². The second-order valence-electron chi connectivity index (χ2n) is 8.66. The minimum absolute atomic E-state index is 0.169. The lowest BCUT2D eigenvalue weighted by atomic mass is 10.00. The van der Waals surface area contributed by atoms with Gasteiger partial charge in [-0.3, -0.25) is 0 Å². The van der Waals surface area contributed by atoms with Crippen molar-refractivity contribution in [2.45, 2.75) is 19.1 Å². The first kappa shape index (κ1) is 21.1. The molecule has 1 aromatic carbocycles. The summed E-state index contributed by atoms with van der Waals surface area (Å²) >= 11 is 6.34. The number of nitrogens with one attached hydrogen (secondary N) is 1. The van der Waals surface area contributed by atoms with Crippen LogP contribution in [0.4, 0.5) is 5.82 Å². The van der Waals surface area contributed by atoms with Gasteiger partial charge in [0.2, 0.25) is 0 Å². The van der Waals surface area contributed by atoms with Gasteiger partial charge in [0.15, 0.2) is 5.65 Å². The lowest BCUT2D eigenvalue weighted by Crippen LogP contribution is -2.47. The number of aryl methyl sites for hydroxylation is 1. The third-order valence-electron chi connectivity index (χ3n) is 6.38. The fourth-order valence-electron chi connectivity index (χ4n) is 4.85. The van der Waals surface area contributed by atoms with E-state index in [1.165, 1.54) is 0 Å². The molecule has 0 aliphatic carbocycles. The summed E-state index contributed by atoms with van der Waals surface area (Å²) in [4.78, 5) is 11.6. The van der Waals surface area contributed by atoms with Crippen molar-refractivity contribution in [1.82, 2.24) is 24.9 Å². The fraction of sp³-hybridized carbons (Fsp3) is 0.280. The molecule has 1 N–H and O–H groups in total. The number of nitrogens with zero attached hydrogens (tertiary/aromatic N) is 6. The Hall–Kier alpha value is -3.51. The molecular formula is C25H22ClN7O. The molecule has 0 spiro atoms. The summed E-state index contributed by atoms with van der Waals surface area (Å²) in [7, 11) is 0. The number of ether oxygens (including phenoxy) is 1. The van der Waals surface area contributed by atoms with E-state index >= 15 is 0 Å². The van der Waals surface area contributed by atoms with Crippen molar-refractivity contribution in [2.75, 3.05) is 31.1 Å². The summed E-state index contributed by atoms with van der Waals surface area (Å²) in [5, 5.41) is 18.2. The van der Waals surface area contributed by atoms with Crippen LogP contribution >= 0.6 is 11.6 Å². The Balaban J connectivity index is 1.52. The van der Waals surface area contributed by atoms with Crippen LogP contribution in [0.5, 0.6) is 0 Å². The Kier molecular flexibility index (Phi) is 5.18. The number of halogens is 1. The molecule has 0 saturated carbocycles. The minimum atomic E-state index is 0.169. The van der Waals surface area contributed by atoms with E-state index in [0.717, 1.165) is 65.8 Å². The van der Waals surface area contributed by atoms with Crippen LogP contribution in [-0.4, -0.2) is 58.0 Å². The van der Waals surface area contributed by atoms with E-state index in [1.54, 1.807) is 10.6 Å². The standard InChI is InChI=1S/C25H22ClN7O/c1-15-9-18(11-21(26)29-15)23-24(17-4-2-3-16(10-17)12-27)31-33-7-5-22(30-25(23)33)32-13-19-20(14-32)34-8-6-28-19/h2-5,7,9-11,19-20,28H,6,8,13-14H2,1H3/t19-,20-/m0/s1. The van der Waals surface area contributed by atoms with Crippen molar-refractivity contribution in [1.29, 1.82) is 5.26 Å². The van der Waals surface area contributed by atoms with Gasteiger partial charge >= 0.3 is 0 Å². The molecule has 2 aliphatic rings. The van der Waals surface area contributed by atoms with Crippen molar-refractivity contribution in [2.24, 2.45) is 0 Å². The molecule has 0 radical (unpaired) electrons. The first-order chi connectivity index (χ1) is 16.6. The molecule has 0 unspecified atom stereocenters. The van der Waals surface area contributed by atoms with Crippen molar-refractivity contribution in [3.8, 4) is 28.5 Å². The Morgan fingerprint density at radius 1 is 1.15 bits per heavy atom. The number of nitriles is 1. The first-order valence-corrected chi connectivity index (χ1v) is 11.6. The number of benzene rings is 1. The summed E-state index contributed by atoms with van der Waals surface area (Å²) < 4.78 is 7.73. The molecule has 3 aromatic heterocycles. The van der Waals surface area contributed by atoms with Crippen LogP contribution in [-0.2, 0) is 4.74 Å². The van der Waals surface area contributed by atoms with Gasteiger partial charge in [-0.05, 0) is 42.8 Å². The van der Waals surface area contributed by atoms with E-state index < -0.39 is 0 Å². The number of hydrogen-bond acceptors (Lipinski definition) is 7. The summed E-state index contributed by atoms with van der Waals surface area (Å²) in [6.45, 7) is 5.16. The van der Waals surface area contributed by atoms with Crippen LogP contribution in [0.3, 0.4) is 0 Å². The summed E-state index contributed by atoms with van der Waals surface area (Å²) in [5.41, 5.74) is 5.43. The van der Waals surface area contributed by atoms with Gasteiger partial charge < -0.3 is 15.0 Å². The Bertz CT molecular complexity index is 1410. The molecule has 2 saturated heterocycles. The number of fused-ring (bicyclic) bond motifs is 2. The first-order valence-electron chi connectivity index (χ1n) is 11.2. The van der Waals surface area contributed by atoms with Crippen molar-refractivity contribution < 1.29 is 4.74 Å². The molecule has 2 fully saturated rings. The lowest BCUT2D eigenvalue weighted by Gasteiger charge is -2.25. The number of rotatable bonds is 3. The highest BCUT2D eigenvalue weighted by Crippen LogP contribution is 2.36. The highest BCUT2D eigenvalue weighted by Gasteiger charge is 2.36. The van der Waals surface area contributed by atoms with E-state index in [-0.39, 0.29) is 6.10 Å². The monoisotopic (exact) mass is 471 g/mol. The summed E-state index contributed by atoms with van der Waals surface area (Å²) in [6, 6.07) is 15.8. The largest absolute Gasteiger partial charge is 0.373 e. The molecule has 0 bridgehead atoms. The van der Waals surface area contributed by atoms with Crippen LogP contribution in [0.15, 0.2) is 48.7 Å². The fourth-order valence-corrected chi connectivity index (χ4v) is 5.10. The SMILES string of the molecule is Cc1cc(-c2c(-c3cccc(C#N)c3)nn3ccc(N4C[C@@H]5NCCO[C@H]5C4)nc23)cc(Cl)n1. The van der Waals surface area contributed by atoms with Crippen molar-refractivity contribution >= 4 is 23.1 Å². The van der Waals surface area contributed by atoms with Gasteiger partial charge in [-0.1, -0.05) is 23.7 Å². The number of hydrogen-bond donors (Lipinski definition) is 1. The van der Waals surface area contributed by atoms with Gasteiger partial charge in [0.25, 0.3) is 0 Å². The van der Waals surface area contributed by atoms with Crippen LogP contribution in [0.2, 0.25) is 5.15 Å². The zero-order valence-corrected chi connectivity index (χ0v) is 19.3. The van der Waals surface area contributed by atoms with Gasteiger partial charge in [-0.15, -0.1) is 0 Å². The van der Waals surface area contributed by atoms with Crippen LogP contribution in [0.1, 0.15) is 11.3 Å². The maximum Gasteiger partial charge on any atom is 0.165 e. The number of morpholine rings is 1. The molecular weight excluding hydrogens is 450 g/mol. The molecule has 9 heteroatoms. The molecule has 6 rings (SSSR count). The average Bonchev–Trinajstić information content (AvgIpc) is 3.45. The Morgan fingerprint density at radius 3 is 2.88 bits per heavy atom. The van der Waals surface area contributed by atoms with E-state index in [4.69, 9.17) is 26.4 Å². The molecule has 8 nitrogen and oxygen atoms in total. The topological polar surface area (TPSA) is 91.4 Å². The molecule has 34 heavy (non-hydrogen) atoms.